The van der Waals surface area contributed by atoms with Gasteiger partial charge in [0.05, 0.1) is 11.5 Å². The number of rotatable bonds is 8. The monoisotopic (exact) mass is 516 g/mol. The van der Waals surface area contributed by atoms with Gasteiger partial charge in [0.2, 0.25) is 5.91 Å². The van der Waals surface area contributed by atoms with Crippen molar-refractivity contribution in [3.8, 4) is 11.5 Å². The van der Waals surface area contributed by atoms with Crippen LogP contribution in [0.25, 0.3) is 16.8 Å². The topological polar surface area (TPSA) is 76.2 Å². The summed E-state index contributed by atoms with van der Waals surface area (Å²) in [6, 6.07) is 19.8. The van der Waals surface area contributed by atoms with Crippen molar-refractivity contribution in [2.75, 3.05) is 26.2 Å². The van der Waals surface area contributed by atoms with Crippen LogP contribution in [0.1, 0.15) is 30.9 Å². The average molecular weight is 517 g/mol. The van der Waals surface area contributed by atoms with E-state index in [2.05, 4.69) is 24.3 Å². The van der Waals surface area contributed by atoms with Gasteiger partial charge in [0.25, 0.3) is 11.1 Å². The van der Waals surface area contributed by atoms with Gasteiger partial charge in [-0.2, -0.15) is 0 Å². The summed E-state index contributed by atoms with van der Waals surface area (Å²) < 4.78 is 11.9. The lowest BCUT2D eigenvalue weighted by Gasteiger charge is -2.18. The first-order chi connectivity index (χ1) is 18.0. The third-order valence-electron chi connectivity index (χ3n) is 6.40. The SMILES string of the molecule is CCOc1cc(/C=C2\SC(=O)N(CC(=O)N3CCCC3)C2=O)ccc1OCc1ccc2ccccc2c1. The zero-order chi connectivity index (χ0) is 25.8. The molecule has 0 atom stereocenters. The van der Waals surface area contributed by atoms with E-state index in [1.807, 2.05) is 31.2 Å². The molecule has 2 aliphatic rings. The summed E-state index contributed by atoms with van der Waals surface area (Å²) in [4.78, 5) is 40.8. The maximum Gasteiger partial charge on any atom is 0.294 e. The highest BCUT2D eigenvalue weighted by atomic mass is 32.2. The number of amides is 3. The molecule has 0 N–H and O–H groups in total. The molecule has 0 radical (unpaired) electrons. The molecule has 0 aromatic heterocycles. The number of thioether (sulfide) groups is 1. The highest BCUT2D eigenvalue weighted by molar-refractivity contribution is 8.18. The third kappa shape index (κ3) is 5.64. The minimum Gasteiger partial charge on any atom is -0.490 e. The van der Waals surface area contributed by atoms with Crippen LogP contribution in [0.4, 0.5) is 4.79 Å². The summed E-state index contributed by atoms with van der Waals surface area (Å²) in [5.74, 6) is 0.515. The van der Waals surface area contributed by atoms with Gasteiger partial charge in [0.15, 0.2) is 11.5 Å². The zero-order valence-electron chi connectivity index (χ0n) is 20.6. The number of nitrogens with zero attached hydrogens (tertiary/aromatic N) is 2. The summed E-state index contributed by atoms with van der Waals surface area (Å²) in [7, 11) is 0. The largest absolute Gasteiger partial charge is 0.490 e. The number of hydrogen-bond donors (Lipinski definition) is 0. The van der Waals surface area contributed by atoms with Gasteiger partial charge in [0, 0.05) is 13.1 Å². The fourth-order valence-electron chi connectivity index (χ4n) is 4.48. The number of likely N-dealkylation sites (tertiary alicyclic amines) is 1. The number of hydrogen-bond acceptors (Lipinski definition) is 6. The molecule has 3 aromatic carbocycles. The van der Waals surface area contributed by atoms with E-state index in [1.165, 1.54) is 5.39 Å². The summed E-state index contributed by atoms with van der Waals surface area (Å²) in [6.45, 7) is 3.87. The van der Waals surface area contributed by atoms with E-state index in [1.54, 1.807) is 23.1 Å². The minimum absolute atomic E-state index is 0.187. The molecule has 2 saturated heterocycles. The molecule has 0 saturated carbocycles. The Morgan fingerprint density at radius 2 is 1.73 bits per heavy atom. The predicted octanol–water partition coefficient (Wildman–Crippen LogP) is 5.48. The van der Waals surface area contributed by atoms with Crippen molar-refractivity contribution in [2.24, 2.45) is 0 Å². The van der Waals surface area contributed by atoms with Crippen molar-refractivity contribution in [3.05, 3.63) is 76.7 Å². The van der Waals surface area contributed by atoms with Gasteiger partial charge in [-0.3, -0.25) is 19.3 Å². The maximum absolute atomic E-state index is 12.9. The molecule has 0 bridgehead atoms. The molecule has 0 aliphatic carbocycles. The summed E-state index contributed by atoms with van der Waals surface area (Å²) in [5.41, 5.74) is 1.75. The van der Waals surface area contributed by atoms with Gasteiger partial charge in [-0.05, 0) is 77.7 Å². The van der Waals surface area contributed by atoms with Crippen molar-refractivity contribution < 1.29 is 23.9 Å². The van der Waals surface area contributed by atoms with Crippen LogP contribution in [-0.4, -0.2) is 53.1 Å². The van der Waals surface area contributed by atoms with Crippen molar-refractivity contribution >= 4 is 45.7 Å². The first-order valence-electron chi connectivity index (χ1n) is 12.4. The first kappa shape index (κ1) is 24.9. The molecule has 5 rings (SSSR count). The Morgan fingerprint density at radius 3 is 2.51 bits per heavy atom. The number of carbonyl (C=O) groups is 3. The van der Waals surface area contributed by atoms with Crippen LogP contribution in [0.5, 0.6) is 11.5 Å². The lowest BCUT2D eigenvalue weighted by Crippen LogP contribution is -2.40. The summed E-state index contributed by atoms with van der Waals surface area (Å²) in [5, 5.41) is 1.90. The van der Waals surface area contributed by atoms with Gasteiger partial charge >= 0.3 is 0 Å². The van der Waals surface area contributed by atoms with E-state index in [-0.39, 0.29) is 17.4 Å². The summed E-state index contributed by atoms with van der Waals surface area (Å²) >= 11 is 0.849. The van der Waals surface area contributed by atoms with Crippen molar-refractivity contribution in [1.82, 2.24) is 9.80 Å². The fourth-order valence-corrected chi connectivity index (χ4v) is 5.32. The van der Waals surface area contributed by atoms with E-state index < -0.39 is 11.1 Å². The molecule has 2 aliphatic heterocycles. The number of imide groups is 1. The number of benzene rings is 3. The first-order valence-corrected chi connectivity index (χ1v) is 13.2. The van der Waals surface area contributed by atoms with Crippen molar-refractivity contribution in [2.45, 2.75) is 26.4 Å². The highest BCUT2D eigenvalue weighted by Crippen LogP contribution is 2.35. The second-order valence-electron chi connectivity index (χ2n) is 8.97. The van der Waals surface area contributed by atoms with Gasteiger partial charge in [-0.15, -0.1) is 0 Å². The summed E-state index contributed by atoms with van der Waals surface area (Å²) in [6.07, 6.45) is 3.57. The molecule has 2 heterocycles. The van der Waals surface area contributed by atoms with E-state index in [0.717, 1.165) is 40.5 Å². The third-order valence-corrected chi connectivity index (χ3v) is 7.31. The van der Waals surface area contributed by atoms with E-state index in [4.69, 9.17) is 9.47 Å². The predicted molar refractivity (Wildman–Crippen MR) is 144 cm³/mol. The van der Waals surface area contributed by atoms with Gasteiger partial charge in [-0.1, -0.05) is 42.5 Å². The van der Waals surface area contributed by atoms with Crippen LogP contribution in [0.15, 0.2) is 65.6 Å². The minimum atomic E-state index is -0.447. The number of ether oxygens (including phenoxy) is 2. The lowest BCUT2D eigenvalue weighted by atomic mass is 10.1. The normalized spacial score (nSPS) is 16.7. The Morgan fingerprint density at radius 1 is 0.946 bits per heavy atom. The van der Waals surface area contributed by atoms with Crippen LogP contribution >= 0.6 is 11.8 Å². The second kappa shape index (κ2) is 11.1. The molecule has 3 amide bonds. The lowest BCUT2D eigenvalue weighted by molar-refractivity contribution is -0.135. The molecule has 0 unspecified atom stereocenters. The Balaban J connectivity index is 1.29. The zero-order valence-corrected chi connectivity index (χ0v) is 21.5. The molecular formula is C29H28N2O5S. The van der Waals surface area contributed by atoms with Crippen molar-refractivity contribution in [3.63, 3.8) is 0 Å². The van der Waals surface area contributed by atoms with Gasteiger partial charge in [0.1, 0.15) is 13.2 Å². The maximum atomic E-state index is 12.9. The molecule has 37 heavy (non-hydrogen) atoms. The Kier molecular flexibility index (Phi) is 7.46. The molecular weight excluding hydrogens is 488 g/mol. The quantitative estimate of drug-likeness (QED) is 0.369. The standard InChI is InChI=1S/C29H28N2O5S/c1-2-35-25-16-20(10-12-24(25)36-19-21-9-11-22-7-3-4-8-23(22)15-21)17-26-28(33)31(29(34)37-26)18-27(32)30-13-5-6-14-30/h3-4,7-12,15-17H,2,5-6,13-14,18-19H2,1H3/b26-17-. The molecule has 7 nitrogen and oxygen atoms in total. The van der Waals surface area contributed by atoms with Crippen LogP contribution in [-0.2, 0) is 16.2 Å². The highest BCUT2D eigenvalue weighted by Gasteiger charge is 2.37. The Hall–Kier alpha value is -3.78. The van der Waals surface area contributed by atoms with Crippen LogP contribution in [0, 0.1) is 0 Å². The smallest absolute Gasteiger partial charge is 0.294 e. The number of fused-ring (bicyclic) bond motifs is 1. The molecule has 3 aromatic rings. The molecule has 8 heteroatoms. The van der Waals surface area contributed by atoms with Crippen LogP contribution in [0.3, 0.4) is 0 Å². The molecule has 2 fully saturated rings. The van der Waals surface area contributed by atoms with Gasteiger partial charge < -0.3 is 14.4 Å². The van der Waals surface area contributed by atoms with E-state index in [9.17, 15) is 14.4 Å². The van der Waals surface area contributed by atoms with Crippen molar-refractivity contribution in [1.29, 1.82) is 0 Å². The van der Waals surface area contributed by atoms with Gasteiger partial charge in [-0.25, -0.2) is 0 Å². The Bertz CT molecular complexity index is 1380. The Labute approximate surface area is 220 Å². The second-order valence-corrected chi connectivity index (χ2v) is 9.96. The number of carbonyl (C=O) groups excluding carboxylic acids is 3. The van der Waals surface area contributed by atoms with E-state index >= 15 is 0 Å². The average Bonchev–Trinajstić information content (AvgIpc) is 3.53. The fraction of sp³-hybridized carbons (Fsp3) is 0.276. The molecule has 190 valence electrons. The van der Waals surface area contributed by atoms with E-state index in [0.29, 0.717) is 43.4 Å². The van der Waals surface area contributed by atoms with Crippen LogP contribution < -0.4 is 9.47 Å². The molecule has 0 spiro atoms. The van der Waals surface area contributed by atoms with Crippen LogP contribution in [0.2, 0.25) is 0 Å².